The Morgan fingerprint density at radius 3 is 1.10 bits per heavy atom. The van der Waals surface area contributed by atoms with E-state index in [1.165, 1.54) is 238 Å². The van der Waals surface area contributed by atoms with Crippen LogP contribution >= 0.6 is 7.82 Å². The minimum Gasteiger partial charge on any atom is -0.462 e. The van der Waals surface area contributed by atoms with Gasteiger partial charge in [-0.15, -0.1) is 0 Å². The lowest BCUT2D eigenvalue weighted by Crippen LogP contribution is -2.29. The van der Waals surface area contributed by atoms with Crippen LogP contribution in [0.15, 0.2) is 24.3 Å². The fraction of sp³-hybridized carbons (Fsp3) is 0.905. The van der Waals surface area contributed by atoms with Gasteiger partial charge in [0, 0.05) is 19.4 Å². The maximum Gasteiger partial charge on any atom is 0.472 e. The third-order valence-corrected chi connectivity index (χ3v) is 15.3. The van der Waals surface area contributed by atoms with Crippen LogP contribution in [0.5, 0.6) is 0 Å². The van der Waals surface area contributed by atoms with Gasteiger partial charge < -0.3 is 20.1 Å². The first-order valence-electron chi connectivity index (χ1n) is 31.8. The third-order valence-electron chi connectivity index (χ3n) is 14.3. The van der Waals surface area contributed by atoms with E-state index in [4.69, 9.17) is 24.3 Å². The summed E-state index contributed by atoms with van der Waals surface area (Å²) in [6.07, 6.45) is 71.6. The lowest BCUT2D eigenvalue weighted by molar-refractivity contribution is -0.161. The lowest BCUT2D eigenvalue weighted by Gasteiger charge is -2.19. The largest absolute Gasteiger partial charge is 0.472 e. The van der Waals surface area contributed by atoms with Crippen LogP contribution in [0.25, 0.3) is 0 Å². The molecule has 73 heavy (non-hydrogen) atoms. The third kappa shape index (κ3) is 59.6. The minimum absolute atomic E-state index is 0.0527. The van der Waals surface area contributed by atoms with Crippen molar-refractivity contribution in [3.8, 4) is 0 Å². The first-order chi connectivity index (χ1) is 35.8. The maximum absolute atomic E-state index is 12.6. The Morgan fingerprint density at radius 1 is 0.411 bits per heavy atom. The molecular formula is C63H122NO8P. The molecule has 0 rings (SSSR count). The van der Waals surface area contributed by atoms with E-state index in [0.29, 0.717) is 6.42 Å². The van der Waals surface area contributed by atoms with Gasteiger partial charge in [0.15, 0.2) is 6.10 Å². The molecule has 0 aliphatic heterocycles. The molecule has 9 nitrogen and oxygen atoms in total. The van der Waals surface area contributed by atoms with Crippen LogP contribution < -0.4 is 5.73 Å². The molecule has 0 amide bonds. The van der Waals surface area contributed by atoms with E-state index in [0.717, 1.165) is 64.2 Å². The summed E-state index contributed by atoms with van der Waals surface area (Å²) in [7, 11) is -4.38. The second-order valence-corrected chi connectivity index (χ2v) is 23.1. The van der Waals surface area contributed by atoms with Gasteiger partial charge in [-0.1, -0.05) is 308 Å². The quantitative estimate of drug-likeness (QED) is 0.0264. The average Bonchev–Trinajstić information content (AvgIpc) is 3.38. The molecule has 0 aliphatic rings. The Labute approximate surface area is 452 Å². The molecule has 0 heterocycles. The summed E-state index contributed by atoms with van der Waals surface area (Å²) in [4.78, 5) is 35.1. The molecule has 0 aromatic carbocycles. The minimum atomic E-state index is -4.38. The number of hydrogen-bond acceptors (Lipinski definition) is 8. The Hall–Kier alpha value is -1.51. The van der Waals surface area contributed by atoms with E-state index < -0.39 is 26.5 Å². The molecule has 0 aromatic heterocycles. The normalized spacial score (nSPS) is 13.1. The summed E-state index contributed by atoms with van der Waals surface area (Å²) >= 11 is 0. The fourth-order valence-electron chi connectivity index (χ4n) is 9.62. The molecule has 0 saturated carbocycles. The summed E-state index contributed by atoms with van der Waals surface area (Å²) in [6, 6.07) is 0. The number of rotatable bonds is 61. The number of phosphoric ester groups is 1. The molecule has 3 N–H and O–H groups in total. The number of carbonyl (C=O) groups is 2. The van der Waals surface area contributed by atoms with Crippen molar-refractivity contribution in [1.29, 1.82) is 0 Å². The fourth-order valence-corrected chi connectivity index (χ4v) is 10.4. The molecule has 10 heteroatoms. The molecule has 0 aliphatic carbocycles. The molecule has 2 unspecified atom stereocenters. The number of hydrogen-bond donors (Lipinski definition) is 2. The van der Waals surface area contributed by atoms with Crippen molar-refractivity contribution in [2.45, 2.75) is 341 Å². The van der Waals surface area contributed by atoms with Crippen LogP contribution in [0.3, 0.4) is 0 Å². The number of carbonyl (C=O) groups excluding carboxylic acids is 2. The second-order valence-electron chi connectivity index (χ2n) is 21.6. The maximum atomic E-state index is 12.6. The number of ether oxygens (including phenoxy) is 2. The SMILES string of the molecule is CCC/C=C\C/C=C\CCCCCCCC(=O)OC(COC(=O)CCCCCCCCCCCCCCCCCCCCCCCCCCCCCCCCCCCCCCCCC)COP(=O)(O)OCCN. The van der Waals surface area contributed by atoms with Gasteiger partial charge >= 0.3 is 19.8 Å². The van der Waals surface area contributed by atoms with Crippen LogP contribution in [0.1, 0.15) is 335 Å². The van der Waals surface area contributed by atoms with Gasteiger partial charge in [0.25, 0.3) is 0 Å². The smallest absolute Gasteiger partial charge is 0.462 e. The lowest BCUT2D eigenvalue weighted by atomic mass is 10.0. The highest BCUT2D eigenvalue weighted by atomic mass is 31.2. The van der Waals surface area contributed by atoms with Crippen LogP contribution in [0.2, 0.25) is 0 Å². The molecule has 0 bridgehead atoms. The van der Waals surface area contributed by atoms with Crippen LogP contribution in [-0.2, 0) is 32.7 Å². The summed E-state index contributed by atoms with van der Waals surface area (Å²) in [5.74, 6) is -0.830. The van der Waals surface area contributed by atoms with Crippen molar-refractivity contribution in [3.05, 3.63) is 24.3 Å². The molecule has 0 fully saturated rings. The van der Waals surface area contributed by atoms with Gasteiger partial charge in [0.05, 0.1) is 13.2 Å². The molecular weight excluding hydrogens is 930 g/mol. The Kier molecular flexibility index (Phi) is 58.5. The predicted molar refractivity (Wildman–Crippen MR) is 312 cm³/mol. The van der Waals surface area contributed by atoms with E-state index in [9.17, 15) is 19.0 Å². The van der Waals surface area contributed by atoms with E-state index in [-0.39, 0.29) is 38.6 Å². The van der Waals surface area contributed by atoms with Crippen LogP contribution in [0, 0.1) is 0 Å². The van der Waals surface area contributed by atoms with Crippen molar-refractivity contribution in [2.24, 2.45) is 5.73 Å². The monoisotopic (exact) mass is 1050 g/mol. The van der Waals surface area contributed by atoms with Crippen molar-refractivity contribution in [3.63, 3.8) is 0 Å². The molecule has 0 radical (unpaired) electrons. The van der Waals surface area contributed by atoms with E-state index in [1.54, 1.807) is 0 Å². The Balaban J connectivity index is 3.68. The zero-order valence-corrected chi connectivity index (χ0v) is 49.3. The van der Waals surface area contributed by atoms with Crippen molar-refractivity contribution in [1.82, 2.24) is 0 Å². The average molecular weight is 1050 g/mol. The first-order valence-corrected chi connectivity index (χ1v) is 33.3. The van der Waals surface area contributed by atoms with Crippen LogP contribution in [0.4, 0.5) is 0 Å². The summed E-state index contributed by atoms with van der Waals surface area (Å²) < 4.78 is 32.9. The number of esters is 2. The molecule has 0 saturated heterocycles. The van der Waals surface area contributed by atoms with Crippen molar-refractivity contribution in [2.75, 3.05) is 26.4 Å². The van der Waals surface area contributed by atoms with E-state index in [2.05, 4.69) is 38.2 Å². The number of allylic oxidation sites excluding steroid dienone is 4. The van der Waals surface area contributed by atoms with Crippen molar-refractivity contribution >= 4 is 19.8 Å². The highest BCUT2D eigenvalue weighted by Gasteiger charge is 2.26. The molecule has 2 atom stereocenters. The van der Waals surface area contributed by atoms with Gasteiger partial charge in [-0.3, -0.25) is 18.6 Å². The Bertz CT molecular complexity index is 1250. The molecule has 0 spiro atoms. The van der Waals surface area contributed by atoms with Gasteiger partial charge in [-0.25, -0.2) is 4.57 Å². The number of unbranched alkanes of at least 4 members (excludes halogenated alkanes) is 44. The van der Waals surface area contributed by atoms with E-state index >= 15 is 0 Å². The summed E-state index contributed by atoms with van der Waals surface area (Å²) in [5.41, 5.74) is 5.37. The predicted octanol–water partition coefficient (Wildman–Crippen LogP) is 20.2. The topological polar surface area (TPSA) is 134 Å². The zero-order valence-electron chi connectivity index (χ0n) is 48.4. The molecule has 432 valence electrons. The Morgan fingerprint density at radius 2 is 0.740 bits per heavy atom. The van der Waals surface area contributed by atoms with Crippen LogP contribution in [-0.4, -0.2) is 49.3 Å². The van der Waals surface area contributed by atoms with Gasteiger partial charge in [-0.2, -0.15) is 0 Å². The van der Waals surface area contributed by atoms with Gasteiger partial charge in [0.2, 0.25) is 0 Å². The highest BCUT2D eigenvalue weighted by Crippen LogP contribution is 2.43. The zero-order chi connectivity index (χ0) is 53.1. The van der Waals surface area contributed by atoms with Crippen molar-refractivity contribution < 1.29 is 37.6 Å². The second kappa shape index (κ2) is 59.7. The van der Waals surface area contributed by atoms with E-state index in [1.807, 2.05) is 0 Å². The summed E-state index contributed by atoms with van der Waals surface area (Å²) in [5, 5.41) is 0. The van der Waals surface area contributed by atoms with Gasteiger partial charge in [0.1, 0.15) is 6.61 Å². The molecule has 0 aromatic rings. The number of nitrogens with two attached hydrogens (primary N) is 1. The van der Waals surface area contributed by atoms with Gasteiger partial charge in [-0.05, 0) is 38.5 Å². The summed E-state index contributed by atoms with van der Waals surface area (Å²) in [6.45, 7) is 3.71. The standard InChI is InChI=1S/C63H122NO8P/c1-3-5-7-9-11-13-15-17-18-19-20-21-22-23-24-25-26-27-28-29-30-31-32-33-34-35-36-37-38-39-40-41-42-44-45-47-49-51-53-55-62(65)69-59-61(60-71-73(67,68)70-58-57-64)72-63(66)56-54-52-50-48-46-43-16-14-12-10-8-6-4-2/h8,10,14,16,61H,3-7,9,11-13,15,17-60,64H2,1-2H3,(H,67,68)/b10-8-,16-14-. The first kappa shape index (κ1) is 71.5. The number of phosphoric acid groups is 1. The highest BCUT2D eigenvalue weighted by molar-refractivity contribution is 7.47.